The van der Waals surface area contributed by atoms with Crippen LogP contribution in [0.2, 0.25) is 0 Å². The lowest BCUT2D eigenvalue weighted by molar-refractivity contribution is 0.308. The van der Waals surface area contributed by atoms with E-state index in [-0.39, 0.29) is 0 Å². The van der Waals surface area contributed by atoms with Crippen LogP contribution in [0.15, 0.2) is 30.3 Å². The second-order valence-electron chi connectivity index (χ2n) is 5.41. The molecule has 92 valence electrons. The van der Waals surface area contributed by atoms with Crippen LogP contribution in [-0.4, -0.2) is 16.7 Å². The lowest BCUT2D eigenvalue weighted by Crippen LogP contribution is -2.45. The number of rotatable bonds is 1. The van der Waals surface area contributed by atoms with Crippen LogP contribution >= 0.6 is 11.8 Å². The van der Waals surface area contributed by atoms with Gasteiger partial charge in [0.2, 0.25) is 0 Å². The van der Waals surface area contributed by atoms with Gasteiger partial charge in [0, 0.05) is 17.7 Å². The summed E-state index contributed by atoms with van der Waals surface area (Å²) in [6, 6.07) is 11.1. The van der Waals surface area contributed by atoms with E-state index in [1.807, 2.05) is 0 Å². The summed E-state index contributed by atoms with van der Waals surface area (Å²) in [6.07, 6.45) is 5.45. The fourth-order valence-corrected chi connectivity index (χ4v) is 5.11. The quantitative estimate of drug-likeness (QED) is 0.811. The Labute approximate surface area is 108 Å². The molecule has 1 aromatic rings. The molecule has 2 heteroatoms. The highest BCUT2D eigenvalue weighted by atomic mass is 32.2. The molecule has 0 radical (unpaired) electrons. The molecule has 1 aliphatic carbocycles. The van der Waals surface area contributed by atoms with Crippen LogP contribution < -0.4 is 5.32 Å². The van der Waals surface area contributed by atoms with Gasteiger partial charge in [0.25, 0.3) is 0 Å². The van der Waals surface area contributed by atoms with Crippen molar-refractivity contribution < 1.29 is 0 Å². The van der Waals surface area contributed by atoms with Gasteiger partial charge in [-0.15, -0.1) is 11.8 Å². The predicted octanol–water partition coefficient (Wildman–Crippen LogP) is 3.77. The van der Waals surface area contributed by atoms with E-state index >= 15 is 0 Å². The number of hydrogen-bond donors (Lipinski definition) is 1. The average molecular weight is 247 g/mol. The Morgan fingerprint density at radius 3 is 2.76 bits per heavy atom. The van der Waals surface area contributed by atoms with Gasteiger partial charge in [-0.25, -0.2) is 0 Å². The SMILES string of the molecule is CC1CNC2(CCCCC2c2ccccc2)S1. The van der Waals surface area contributed by atoms with Crippen LogP contribution in [0.25, 0.3) is 0 Å². The molecule has 17 heavy (non-hydrogen) atoms. The molecule has 1 heterocycles. The first kappa shape index (κ1) is 11.6. The van der Waals surface area contributed by atoms with Crippen molar-refractivity contribution in [3.8, 4) is 0 Å². The molecular weight excluding hydrogens is 226 g/mol. The lowest BCUT2D eigenvalue weighted by atomic mass is 9.79. The van der Waals surface area contributed by atoms with Gasteiger partial charge in [0.05, 0.1) is 4.87 Å². The third-order valence-corrected chi connectivity index (χ3v) is 5.78. The molecule has 3 rings (SSSR count). The Morgan fingerprint density at radius 1 is 1.24 bits per heavy atom. The summed E-state index contributed by atoms with van der Waals surface area (Å²) in [5.74, 6) is 0.701. The predicted molar refractivity (Wildman–Crippen MR) is 75.4 cm³/mol. The van der Waals surface area contributed by atoms with E-state index in [0.717, 1.165) is 5.25 Å². The minimum Gasteiger partial charge on any atom is -0.301 e. The number of thioether (sulfide) groups is 1. The van der Waals surface area contributed by atoms with Crippen molar-refractivity contribution >= 4 is 11.8 Å². The largest absolute Gasteiger partial charge is 0.301 e. The van der Waals surface area contributed by atoms with Gasteiger partial charge >= 0.3 is 0 Å². The van der Waals surface area contributed by atoms with Gasteiger partial charge in [0.15, 0.2) is 0 Å². The molecule has 2 fully saturated rings. The molecule has 1 nitrogen and oxygen atoms in total. The maximum Gasteiger partial charge on any atom is 0.0717 e. The van der Waals surface area contributed by atoms with Gasteiger partial charge in [0.1, 0.15) is 0 Å². The summed E-state index contributed by atoms with van der Waals surface area (Å²) >= 11 is 2.18. The van der Waals surface area contributed by atoms with Crippen LogP contribution in [-0.2, 0) is 0 Å². The van der Waals surface area contributed by atoms with Crippen molar-refractivity contribution in [2.45, 2.75) is 48.6 Å². The minimum absolute atomic E-state index is 0.332. The Kier molecular flexibility index (Phi) is 3.18. The summed E-state index contributed by atoms with van der Waals surface area (Å²) in [7, 11) is 0. The van der Waals surface area contributed by atoms with Gasteiger partial charge < -0.3 is 5.32 Å². The van der Waals surface area contributed by atoms with E-state index in [0.29, 0.717) is 10.8 Å². The summed E-state index contributed by atoms with van der Waals surface area (Å²) in [5.41, 5.74) is 1.53. The van der Waals surface area contributed by atoms with E-state index < -0.39 is 0 Å². The van der Waals surface area contributed by atoms with E-state index in [4.69, 9.17) is 0 Å². The highest BCUT2D eigenvalue weighted by Crippen LogP contribution is 2.51. The van der Waals surface area contributed by atoms with Crippen molar-refractivity contribution in [1.82, 2.24) is 5.32 Å². The third kappa shape index (κ3) is 2.13. The van der Waals surface area contributed by atoms with Crippen LogP contribution in [0, 0.1) is 0 Å². The minimum atomic E-state index is 0.332. The van der Waals surface area contributed by atoms with Crippen LogP contribution in [0.1, 0.15) is 44.1 Å². The van der Waals surface area contributed by atoms with Crippen molar-refractivity contribution in [2.24, 2.45) is 0 Å². The fraction of sp³-hybridized carbons (Fsp3) is 0.600. The molecule has 1 aliphatic heterocycles. The molecule has 1 saturated heterocycles. The molecule has 1 aromatic carbocycles. The van der Waals surface area contributed by atoms with Crippen LogP contribution in [0.3, 0.4) is 0 Å². The summed E-state index contributed by atoms with van der Waals surface area (Å²) in [5, 5.41) is 4.60. The Bertz CT molecular complexity index is 374. The second kappa shape index (κ2) is 4.66. The number of hydrogen-bond acceptors (Lipinski definition) is 2. The molecule has 0 bridgehead atoms. The standard InChI is InChI=1S/C15H21NS/c1-12-11-16-15(17-12)10-6-5-9-14(15)13-7-3-2-4-8-13/h2-4,7-8,12,14,16H,5-6,9-11H2,1H3. The second-order valence-corrected chi connectivity index (χ2v) is 7.18. The van der Waals surface area contributed by atoms with Crippen LogP contribution in [0.5, 0.6) is 0 Å². The van der Waals surface area contributed by atoms with Crippen molar-refractivity contribution in [3.05, 3.63) is 35.9 Å². The molecule has 1 N–H and O–H groups in total. The maximum absolute atomic E-state index is 3.83. The maximum atomic E-state index is 3.83. The van der Waals surface area contributed by atoms with E-state index in [2.05, 4.69) is 54.3 Å². The Balaban J connectivity index is 1.91. The summed E-state index contributed by atoms with van der Waals surface area (Å²) < 4.78 is 0. The highest BCUT2D eigenvalue weighted by Gasteiger charge is 2.46. The zero-order chi connectivity index (χ0) is 11.7. The molecule has 0 aromatic heterocycles. The topological polar surface area (TPSA) is 12.0 Å². The molecule has 0 amide bonds. The first-order valence-electron chi connectivity index (χ1n) is 6.78. The molecule has 1 saturated carbocycles. The third-order valence-electron chi connectivity index (χ3n) is 4.16. The van der Waals surface area contributed by atoms with Gasteiger partial charge in [-0.1, -0.05) is 50.1 Å². The molecule has 3 atom stereocenters. The van der Waals surface area contributed by atoms with Crippen molar-refractivity contribution in [2.75, 3.05) is 6.54 Å². The highest BCUT2D eigenvalue weighted by molar-refractivity contribution is 8.01. The lowest BCUT2D eigenvalue weighted by Gasteiger charge is -2.41. The Morgan fingerprint density at radius 2 is 2.06 bits per heavy atom. The first-order valence-corrected chi connectivity index (χ1v) is 7.66. The molecular formula is C15H21NS. The zero-order valence-corrected chi connectivity index (χ0v) is 11.3. The number of benzene rings is 1. The summed E-state index contributed by atoms with van der Waals surface area (Å²) in [6.45, 7) is 3.52. The normalized spacial score (nSPS) is 37.5. The number of nitrogens with one attached hydrogen (secondary N) is 1. The molecule has 2 aliphatic rings. The smallest absolute Gasteiger partial charge is 0.0717 e. The van der Waals surface area contributed by atoms with Crippen LogP contribution in [0.4, 0.5) is 0 Å². The fourth-order valence-electron chi connectivity index (χ4n) is 3.38. The monoisotopic (exact) mass is 247 g/mol. The van der Waals surface area contributed by atoms with Gasteiger partial charge in [-0.05, 0) is 18.4 Å². The average Bonchev–Trinajstić information content (AvgIpc) is 2.73. The van der Waals surface area contributed by atoms with E-state index in [1.54, 1.807) is 0 Å². The zero-order valence-electron chi connectivity index (χ0n) is 10.5. The van der Waals surface area contributed by atoms with Crippen molar-refractivity contribution in [1.29, 1.82) is 0 Å². The first-order chi connectivity index (χ1) is 8.30. The van der Waals surface area contributed by atoms with Crippen molar-refractivity contribution in [3.63, 3.8) is 0 Å². The summed E-state index contributed by atoms with van der Waals surface area (Å²) in [4.78, 5) is 0.332. The van der Waals surface area contributed by atoms with E-state index in [9.17, 15) is 0 Å². The van der Waals surface area contributed by atoms with Gasteiger partial charge in [-0.2, -0.15) is 0 Å². The molecule has 3 unspecified atom stereocenters. The van der Waals surface area contributed by atoms with E-state index in [1.165, 1.54) is 37.8 Å². The Hall–Kier alpha value is -0.470. The van der Waals surface area contributed by atoms with Gasteiger partial charge in [-0.3, -0.25) is 0 Å². The molecule has 1 spiro atoms.